The summed E-state index contributed by atoms with van der Waals surface area (Å²) in [7, 11) is 1.23. The number of aliphatic hydroxyl groups is 1. The highest BCUT2D eigenvalue weighted by molar-refractivity contribution is 6.03. The number of nitrogens with two attached hydrogens (primary N) is 1. The fourth-order valence-electron chi connectivity index (χ4n) is 3.14. The predicted octanol–water partition coefficient (Wildman–Crippen LogP) is 0.960. The average Bonchev–Trinajstić information content (AvgIpc) is 2.46. The van der Waals surface area contributed by atoms with Gasteiger partial charge in [-0.2, -0.15) is 0 Å². The Bertz CT molecular complexity index is 502. The highest BCUT2D eigenvalue weighted by Gasteiger charge is 2.55. The lowest BCUT2D eigenvalue weighted by atomic mass is 9.62. The third-order valence-corrected chi connectivity index (χ3v) is 4.13. The predicted molar refractivity (Wildman–Crippen MR) is 72.7 cm³/mol. The molecular weight excluding hydrogens is 258 g/mol. The van der Waals surface area contributed by atoms with Gasteiger partial charge >= 0.3 is 5.97 Å². The van der Waals surface area contributed by atoms with Gasteiger partial charge in [-0.1, -0.05) is 30.3 Å². The Kier molecular flexibility index (Phi) is 4.09. The number of aliphatic hydroxyl groups excluding tert-OH is 1. The van der Waals surface area contributed by atoms with Crippen molar-refractivity contribution in [2.75, 3.05) is 7.11 Å². The Labute approximate surface area is 117 Å². The zero-order valence-electron chi connectivity index (χ0n) is 11.4. The molecule has 0 aliphatic heterocycles. The van der Waals surface area contributed by atoms with Crippen LogP contribution in [0.25, 0.3) is 0 Å². The molecular formula is C15H19NO4. The van der Waals surface area contributed by atoms with Crippen LogP contribution in [-0.2, 0) is 14.3 Å². The van der Waals surface area contributed by atoms with Crippen molar-refractivity contribution < 1.29 is 19.4 Å². The standard InChI is InChI=1S/C15H19NO4/c1-20-14(19)15(13(16)18)9-11(17)7-8-12(15)10-5-3-2-4-6-10/h2-6,11-12,17H,7-9H2,1H3,(H2,16,18)/t11-,12-,15+/m0/s1. The van der Waals surface area contributed by atoms with Crippen molar-refractivity contribution in [2.45, 2.75) is 31.3 Å². The van der Waals surface area contributed by atoms with Gasteiger partial charge in [-0.05, 0) is 24.8 Å². The van der Waals surface area contributed by atoms with Crippen LogP contribution >= 0.6 is 0 Å². The second-order valence-electron chi connectivity index (χ2n) is 5.23. The Morgan fingerprint density at radius 2 is 1.95 bits per heavy atom. The van der Waals surface area contributed by atoms with Crippen molar-refractivity contribution in [3.8, 4) is 0 Å². The second kappa shape index (κ2) is 5.63. The minimum Gasteiger partial charge on any atom is -0.468 e. The van der Waals surface area contributed by atoms with E-state index < -0.39 is 23.4 Å². The maximum Gasteiger partial charge on any atom is 0.322 e. The molecule has 0 heterocycles. The molecule has 1 aliphatic carbocycles. The van der Waals surface area contributed by atoms with Crippen molar-refractivity contribution in [1.82, 2.24) is 0 Å². The molecule has 2 rings (SSSR count). The first-order valence-corrected chi connectivity index (χ1v) is 6.63. The Morgan fingerprint density at radius 3 is 2.50 bits per heavy atom. The SMILES string of the molecule is COC(=O)[C@]1(C(N)=O)C[C@@H](O)CC[C@H]1c1ccccc1. The molecule has 5 heteroatoms. The third-order valence-electron chi connectivity index (χ3n) is 4.13. The summed E-state index contributed by atoms with van der Waals surface area (Å²) in [5.74, 6) is -1.77. The van der Waals surface area contributed by atoms with Crippen molar-refractivity contribution in [3.05, 3.63) is 35.9 Å². The number of methoxy groups -OCH3 is 1. The van der Waals surface area contributed by atoms with Gasteiger partial charge in [-0.25, -0.2) is 0 Å². The van der Waals surface area contributed by atoms with Crippen LogP contribution < -0.4 is 5.73 Å². The number of benzene rings is 1. The maximum absolute atomic E-state index is 12.2. The monoisotopic (exact) mass is 277 g/mol. The molecule has 108 valence electrons. The second-order valence-corrected chi connectivity index (χ2v) is 5.23. The van der Waals surface area contributed by atoms with E-state index in [0.717, 1.165) is 5.56 Å². The molecule has 1 fully saturated rings. The van der Waals surface area contributed by atoms with Gasteiger partial charge in [-0.3, -0.25) is 9.59 Å². The van der Waals surface area contributed by atoms with Gasteiger partial charge in [0.1, 0.15) is 0 Å². The van der Waals surface area contributed by atoms with Crippen molar-refractivity contribution in [2.24, 2.45) is 11.1 Å². The zero-order chi connectivity index (χ0) is 14.8. The van der Waals surface area contributed by atoms with Crippen LogP contribution in [0, 0.1) is 5.41 Å². The molecule has 5 nitrogen and oxygen atoms in total. The average molecular weight is 277 g/mol. The fourth-order valence-corrected chi connectivity index (χ4v) is 3.14. The van der Waals surface area contributed by atoms with Gasteiger partial charge in [0, 0.05) is 5.92 Å². The lowest BCUT2D eigenvalue weighted by Gasteiger charge is -2.41. The van der Waals surface area contributed by atoms with Crippen LogP contribution in [0.1, 0.15) is 30.7 Å². The highest BCUT2D eigenvalue weighted by Crippen LogP contribution is 2.48. The molecule has 20 heavy (non-hydrogen) atoms. The van der Waals surface area contributed by atoms with E-state index in [1.807, 2.05) is 30.3 Å². The highest BCUT2D eigenvalue weighted by atomic mass is 16.5. The summed E-state index contributed by atoms with van der Waals surface area (Å²) in [6, 6.07) is 9.30. The third kappa shape index (κ3) is 2.29. The molecule has 0 aromatic heterocycles. The van der Waals surface area contributed by atoms with E-state index in [0.29, 0.717) is 12.8 Å². The quantitative estimate of drug-likeness (QED) is 0.636. The molecule has 1 aliphatic rings. The number of amides is 1. The summed E-state index contributed by atoms with van der Waals surface area (Å²) < 4.78 is 4.80. The summed E-state index contributed by atoms with van der Waals surface area (Å²) in [6.45, 7) is 0. The molecule has 0 saturated heterocycles. The van der Waals surface area contributed by atoms with E-state index in [2.05, 4.69) is 0 Å². The van der Waals surface area contributed by atoms with E-state index in [9.17, 15) is 14.7 Å². The van der Waals surface area contributed by atoms with Gasteiger partial charge in [0.05, 0.1) is 13.2 Å². The van der Waals surface area contributed by atoms with E-state index >= 15 is 0 Å². The summed E-state index contributed by atoms with van der Waals surface area (Å²) in [6.07, 6.45) is 0.338. The van der Waals surface area contributed by atoms with Crippen LogP contribution in [0.3, 0.4) is 0 Å². The summed E-state index contributed by atoms with van der Waals surface area (Å²) >= 11 is 0. The number of hydrogen-bond acceptors (Lipinski definition) is 4. The first kappa shape index (κ1) is 14.5. The molecule has 3 atom stereocenters. The van der Waals surface area contributed by atoms with Gasteiger partial charge in [0.25, 0.3) is 0 Å². The molecule has 3 N–H and O–H groups in total. The summed E-state index contributed by atoms with van der Waals surface area (Å²) in [4.78, 5) is 24.2. The van der Waals surface area contributed by atoms with Gasteiger partial charge in [0.2, 0.25) is 5.91 Å². The normalized spacial score (nSPS) is 29.7. The zero-order valence-corrected chi connectivity index (χ0v) is 11.4. The van der Waals surface area contributed by atoms with Gasteiger partial charge < -0.3 is 15.6 Å². The maximum atomic E-state index is 12.2. The Balaban J connectivity index is 2.51. The number of carbonyl (C=O) groups is 2. The minimum atomic E-state index is -1.49. The van der Waals surface area contributed by atoms with Crippen molar-refractivity contribution in [1.29, 1.82) is 0 Å². The largest absolute Gasteiger partial charge is 0.468 e. The lowest BCUT2D eigenvalue weighted by molar-refractivity contribution is -0.164. The first-order valence-electron chi connectivity index (χ1n) is 6.63. The minimum absolute atomic E-state index is 0.00850. The van der Waals surface area contributed by atoms with Crippen LogP contribution in [0.15, 0.2) is 30.3 Å². The van der Waals surface area contributed by atoms with E-state index in [4.69, 9.17) is 10.5 Å². The molecule has 0 spiro atoms. The van der Waals surface area contributed by atoms with Crippen LogP contribution in [-0.4, -0.2) is 30.2 Å². The van der Waals surface area contributed by atoms with Crippen LogP contribution in [0.2, 0.25) is 0 Å². The number of ether oxygens (including phenoxy) is 1. The number of carbonyl (C=O) groups excluding carboxylic acids is 2. The lowest BCUT2D eigenvalue weighted by Crippen LogP contribution is -2.53. The van der Waals surface area contributed by atoms with Gasteiger partial charge in [0.15, 0.2) is 5.41 Å². The number of primary amides is 1. The topological polar surface area (TPSA) is 89.6 Å². The fraction of sp³-hybridized carbons (Fsp3) is 0.467. The number of rotatable bonds is 3. The summed E-state index contributed by atoms with van der Waals surface area (Å²) in [5.41, 5.74) is 4.89. The van der Waals surface area contributed by atoms with Crippen molar-refractivity contribution in [3.63, 3.8) is 0 Å². The smallest absolute Gasteiger partial charge is 0.322 e. The molecule has 1 saturated carbocycles. The van der Waals surface area contributed by atoms with E-state index in [1.165, 1.54) is 7.11 Å². The van der Waals surface area contributed by atoms with Crippen molar-refractivity contribution >= 4 is 11.9 Å². The first-order chi connectivity index (χ1) is 9.52. The number of esters is 1. The molecule has 0 bridgehead atoms. The molecule has 1 aromatic carbocycles. The van der Waals surface area contributed by atoms with Gasteiger partial charge in [-0.15, -0.1) is 0 Å². The van der Waals surface area contributed by atoms with Crippen LogP contribution in [0.5, 0.6) is 0 Å². The molecule has 0 radical (unpaired) electrons. The Hall–Kier alpha value is -1.88. The summed E-state index contributed by atoms with van der Waals surface area (Å²) in [5, 5.41) is 9.89. The van der Waals surface area contributed by atoms with Crippen LogP contribution in [0.4, 0.5) is 0 Å². The molecule has 0 unspecified atom stereocenters. The van der Waals surface area contributed by atoms with E-state index in [1.54, 1.807) is 0 Å². The Morgan fingerprint density at radius 1 is 1.30 bits per heavy atom. The number of hydrogen-bond donors (Lipinski definition) is 2. The molecule has 1 amide bonds. The van der Waals surface area contributed by atoms with E-state index in [-0.39, 0.29) is 12.3 Å². The molecule has 1 aromatic rings.